The first-order chi connectivity index (χ1) is 19.8. The summed E-state index contributed by atoms with van der Waals surface area (Å²) >= 11 is 0. The van der Waals surface area contributed by atoms with Crippen molar-refractivity contribution in [3.8, 4) is 5.75 Å². The molecule has 0 amide bonds. The predicted molar refractivity (Wildman–Crippen MR) is 151 cm³/mol. The number of nitrogens with zero attached hydrogens (tertiary/aromatic N) is 2. The van der Waals surface area contributed by atoms with E-state index in [-0.39, 0.29) is 31.3 Å². The van der Waals surface area contributed by atoms with Crippen molar-refractivity contribution in [2.45, 2.75) is 39.5 Å². The molecule has 1 aliphatic rings. The highest BCUT2D eigenvalue weighted by molar-refractivity contribution is 6.07. The number of non-ortho nitro benzene ring substituents is 1. The van der Waals surface area contributed by atoms with Crippen LogP contribution in [-0.2, 0) is 35.0 Å². The quantitative estimate of drug-likeness (QED) is 0.0977. The zero-order chi connectivity index (χ0) is 29.8. The topological polar surface area (TPSA) is 136 Å². The molecule has 0 saturated carbocycles. The Kier molecular flexibility index (Phi) is 12.0. The molecule has 220 valence electrons. The summed E-state index contributed by atoms with van der Waals surface area (Å²) in [5, 5.41) is 11.4. The van der Waals surface area contributed by atoms with Gasteiger partial charge in [-0.3, -0.25) is 19.9 Å². The summed E-state index contributed by atoms with van der Waals surface area (Å²) in [5.74, 6) is -2.50. The molecular formula is C30H36N2O9. The second kappa shape index (κ2) is 15.6. The largest absolute Gasteiger partial charge is 0.490 e. The fourth-order valence-electron chi connectivity index (χ4n) is 4.56. The summed E-state index contributed by atoms with van der Waals surface area (Å²) in [6.45, 7) is 6.89. The van der Waals surface area contributed by atoms with E-state index in [1.807, 2.05) is 31.2 Å². The number of allylic oxidation sites excluding steroid dienone is 1. The number of nitro groups is 1. The normalized spacial score (nSPS) is 16.6. The van der Waals surface area contributed by atoms with Gasteiger partial charge in [-0.1, -0.05) is 31.2 Å². The Morgan fingerprint density at radius 1 is 1.00 bits per heavy atom. The number of carbonyl (C=O) groups is 2. The van der Waals surface area contributed by atoms with Crippen LogP contribution >= 0.6 is 0 Å². The van der Waals surface area contributed by atoms with Gasteiger partial charge in [-0.05, 0) is 49.9 Å². The highest BCUT2D eigenvalue weighted by Crippen LogP contribution is 2.40. The first-order valence-corrected chi connectivity index (χ1v) is 13.4. The Morgan fingerprint density at radius 2 is 1.73 bits per heavy atom. The molecule has 0 aromatic heterocycles. The maximum atomic E-state index is 13.3. The standard InChI is InChI=1S/C30H36N2O9/c1-5-14-38-19-39-15-13-22-9-11-25(12-10-22)40-16-17-41-30(34)27-21(3)31-20(2)26(29(33)37-4)28(27)23-7-6-8-24(18-23)32(35)36/h6-12,18,26,28H,5,13-17,19H2,1-4H3. The Bertz CT molecular complexity index is 1270. The van der Waals surface area contributed by atoms with Gasteiger partial charge >= 0.3 is 11.9 Å². The van der Waals surface area contributed by atoms with E-state index < -0.39 is 28.7 Å². The minimum Gasteiger partial charge on any atom is -0.490 e. The molecule has 1 aliphatic heterocycles. The Hall–Kier alpha value is -4.09. The highest BCUT2D eigenvalue weighted by Gasteiger charge is 2.42. The van der Waals surface area contributed by atoms with E-state index in [1.54, 1.807) is 19.9 Å². The third-order valence-electron chi connectivity index (χ3n) is 6.50. The third-order valence-corrected chi connectivity index (χ3v) is 6.50. The minimum atomic E-state index is -0.947. The predicted octanol–water partition coefficient (Wildman–Crippen LogP) is 4.78. The van der Waals surface area contributed by atoms with Crippen molar-refractivity contribution in [2.75, 3.05) is 40.3 Å². The van der Waals surface area contributed by atoms with Gasteiger partial charge < -0.3 is 23.7 Å². The third kappa shape index (κ3) is 8.70. The summed E-state index contributed by atoms with van der Waals surface area (Å²) in [6, 6.07) is 13.4. The van der Waals surface area contributed by atoms with Crippen molar-refractivity contribution in [1.82, 2.24) is 0 Å². The molecule has 0 aliphatic carbocycles. The number of nitro benzene ring substituents is 1. The molecule has 2 unspecified atom stereocenters. The molecule has 1 heterocycles. The van der Waals surface area contributed by atoms with Crippen molar-refractivity contribution in [1.29, 1.82) is 0 Å². The summed E-state index contributed by atoms with van der Waals surface area (Å²) in [7, 11) is 1.24. The number of aliphatic imine (C=N–C) groups is 1. The van der Waals surface area contributed by atoms with Gasteiger partial charge in [0.15, 0.2) is 0 Å². The Balaban J connectivity index is 1.63. The monoisotopic (exact) mass is 568 g/mol. The first kappa shape index (κ1) is 31.4. The van der Waals surface area contributed by atoms with Gasteiger partial charge in [-0.15, -0.1) is 0 Å². The first-order valence-electron chi connectivity index (χ1n) is 13.4. The van der Waals surface area contributed by atoms with E-state index in [9.17, 15) is 19.7 Å². The van der Waals surface area contributed by atoms with Gasteiger partial charge in [-0.25, -0.2) is 4.79 Å². The molecule has 2 atom stereocenters. The number of ether oxygens (including phenoxy) is 5. The molecule has 0 bridgehead atoms. The lowest BCUT2D eigenvalue weighted by atomic mass is 9.75. The number of esters is 2. The molecule has 3 rings (SSSR count). The van der Waals surface area contributed by atoms with Crippen LogP contribution in [0.25, 0.3) is 0 Å². The molecule has 2 aromatic carbocycles. The summed E-state index contributed by atoms with van der Waals surface area (Å²) in [5.41, 5.74) is 2.27. The van der Waals surface area contributed by atoms with Gasteiger partial charge in [0, 0.05) is 36.1 Å². The molecule has 0 saturated heterocycles. The lowest BCUT2D eigenvalue weighted by Crippen LogP contribution is -2.36. The molecule has 11 heteroatoms. The van der Waals surface area contributed by atoms with E-state index in [1.165, 1.54) is 25.3 Å². The molecular weight excluding hydrogens is 532 g/mol. The van der Waals surface area contributed by atoms with Crippen molar-refractivity contribution in [3.05, 3.63) is 81.0 Å². The van der Waals surface area contributed by atoms with Crippen molar-refractivity contribution in [3.63, 3.8) is 0 Å². The SMILES string of the molecule is CCCOCOCCc1ccc(OCCOC(=O)C2=C(C)N=C(C)C(C(=O)OC)C2c2cccc([N+](=O)[O-])c2)cc1. The Labute approximate surface area is 239 Å². The van der Waals surface area contributed by atoms with Gasteiger partial charge in [-0.2, -0.15) is 0 Å². The van der Waals surface area contributed by atoms with Crippen LogP contribution in [0.3, 0.4) is 0 Å². The van der Waals surface area contributed by atoms with Crippen LogP contribution in [0.1, 0.15) is 44.2 Å². The molecule has 2 aromatic rings. The van der Waals surface area contributed by atoms with Crippen LogP contribution in [0.15, 0.2) is 64.8 Å². The van der Waals surface area contributed by atoms with E-state index in [4.69, 9.17) is 23.7 Å². The number of hydrogen-bond acceptors (Lipinski definition) is 10. The number of methoxy groups -OCH3 is 1. The van der Waals surface area contributed by atoms with E-state index >= 15 is 0 Å². The lowest BCUT2D eigenvalue weighted by molar-refractivity contribution is -0.384. The molecule has 0 spiro atoms. The fraction of sp³-hybridized carbons (Fsp3) is 0.433. The minimum absolute atomic E-state index is 0.0593. The summed E-state index contributed by atoms with van der Waals surface area (Å²) in [6.07, 6.45) is 1.69. The average molecular weight is 569 g/mol. The van der Waals surface area contributed by atoms with E-state index in [0.29, 0.717) is 35.9 Å². The molecule has 41 heavy (non-hydrogen) atoms. The van der Waals surface area contributed by atoms with Gasteiger partial charge in [0.1, 0.15) is 31.7 Å². The van der Waals surface area contributed by atoms with Crippen LogP contribution in [0.5, 0.6) is 5.75 Å². The van der Waals surface area contributed by atoms with Gasteiger partial charge in [0.25, 0.3) is 5.69 Å². The zero-order valence-corrected chi connectivity index (χ0v) is 23.8. The second-order valence-electron chi connectivity index (χ2n) is 9.40. The maximum Gasteiger partial charge on any atom is 0.336 e. The number of benzene rings is 2. The summed E-state index contributed by atoms with van der Waals surface area (Å²) < 4.78 is 27.0. The van der Waals surface area contributed by atoms with Crippen LogP contribution in [0.2, 0.25) is 0 Å². The maximum absolute atomic E-state index is 13.3. The number of hydrogen-bond donors (Lipinski definition) is 0. The van der Waals surface area contributed by atoms with Crippen LogP contribution in [0, 0.1) is 16.0 Å². The van der Waals surface area contributed by atoms with Gasteiger partial charge in [0.2, 0.25) is 0 Å². The van der Waals surface area contributed by atoms with Crippen LogP contribution < -0.4 is 4.74 Å². The van der Waals surface area contributed by atoms with Crippen LogP contribution in [-0.4, -0.2) is 62.9 Å². The molecule has 11 nitrogen and oxygen atoms in total. The molecule has 0 N–H and O–H groups in total. The fourth-order valence-corrected chi connectivity index (χ4v) is 4.56. The Morgan fingerprint density at radius 3 is 2.41 bits per heavy atom. The average Bonchev–Trinajstić information content (AvgIpc) is 2.97. The smallest absolute Gasteiger partial charge is 0.336 e. The summed E-state index contributed by atoms with van der Waals surface area (Å²) in [4.78, 5) is 41.4. The second-order valence-corrected chi connectivity index (χ2v) is 9.40. The van der Waals surface area contributed by atoms with Crippen molar-refractivity contribution < 1.29 is 38.2 Å². The lowest BCUT2D eigenvalue weighted by Gasteiger charge is -2.31. The van der Waals surface area contributed by atoms with E-state index in [2.05, 4.69) is 4.99 Å². The number of carbonyl (C=O) groups excluding carboxylic acids is 2. The van der Waals surface area contributed by atoms with Crippen molar-refractivity contribution in [2.24, 2.45) is 10.9 Å². The molecule has 0 radical (unpaired) electrons. The molecule has 0 fully saturated rings. The number of rotatable bonds is 15. The van der Waals surface area contributed by atoms with Gasteiger partial charge in [0.05, 0.1) is 24.2 Å². The van der Waals surface area contributed by atoms with Crippen molar-refractivity contribution >= 4 is 23.3 Å². The van der Waals surface area contributed by atoms with E-state index in [0.717, 1.165) is 18.4 Å². The van der Waals surface area contributed by atoms with Crippen LogP contribution in [0.4, 0.5) is 5.69 Å². The highest BCUT2D eigenvalue weighted by atomic mass is 16.7. The zero-order valence-electron chi connectivity index (χ0n) is 23.8.